The van der Waals surface area contributed by atoms with Gasteiger partial charge in [-0.3, -0.25) is 4.79 Å². The van der Waals surface area contributed by atoms with Gasteiger partial charge in [0.05, 0.1) is 17.7 Å². The summed E-state index contributed by atoms with van der Waals surface area (Å²) in [5, 5.41) is 5.07. The molecular weight excluding hydrogens is 382 g/mol. The molecule has 29 heavy (non-hydrogen) atoms. The second kappa shape index (κ2) is 8.87. The zero-order valence-corrected chi connectivity index (χ0v) is 15.3. The number of carbonyl (C=O) groups excluding carboxylic acids is 2. The number of hydrogen-bond acceptors (Lipinski definition) is 6. The van der Waals surface area contributed by atoms with E-state index in [1.54, 1.807) is 19.1 Å². The molecule has 0 saturated carbocycles. The number of esters is 1. The maximum absolute atomic E-state index is 13.7. The van der Waals surface area contributed by atoms with Crippen LogP contribution in [-0.4, -0.2) is 28.5 Å². The predicted octanol–water partition coefficient (Wildman–Crippen LogP) is 3.93. The first-order chi connectivity index (χ1) is 14.0. The Hall–Kier alpha value is -3.88. The lowest BCUT2D eigenvalue weighted by Crippen LogP contribution is -2.13. The Morgan fingerprint density at radius 2 is 1.59 bits per heavy atom. The number of nitrogens with zero attached hydrogens (tertiary/aromatic N) is 2. The molecule has 2 N–H and O–H groups in total. The third-order valence-electron chi connectivity index (χ3n) is 3.77. The van der Waals surface area contributed by atoms with E-state index in [-0.39, 0.29) is 23.8 Å². The fourth-order valence-electron chi connectivity index (χ4n) is 2.35. The minimum atomic E-state index is -0.790. The molecule has 0 fully saturated rings. The molecule has 0 spiro atoms. The number of amides is 1. The largest absolute Gasteiger partial charge is 0.462 e. The van der Waals surface area contributed by atoms with Crippen LogP contribution < -0.4 is 10.6 Å². The first kappa shape index (κ1) is 19.9. The highest BCUT2D eigenvalue weighted by atomic mass is 19.1. The standard InChI is InChI=1S/C20H16F2N4O3/c1-2-29-19(28)12-6-8-14(9-7-12)25-18(27)13-10-23-20(24-11-13)26-17-15(21)4-3-5-16(17)22/h3-11H,2H2,1H3,(H,25,27)(H,23,24,26). The van der Waals surface area contributed by atoms with E-state index in [2.05, 4.69) is 20.6 Å². The fraction of sp³-hybridized carbons (Fsp3) is 0.100. The maximum atomic E-state index is 13.7. The van der Waals surface area contributed by atoms with Crippen molar-refractivity contribution in [2.75, 3.05) is 17.2 Å². The molecule has 3 rings (SSSR count). The molecular formula is C20H16F2N4O3. The van der Waals surface area contributed by atoms with E-state index in [0.29, 0.717) is 11.3 Å². The molecule has 0 aliphatic heterocycles. The van der Waals surface area contributed by atoms with Crippen molar-refractivity contribution in [1.29, 1.82) is 0 Å². The molecule has 0 unspecified atom stereocenters. The Kier molecular flexibility index (Phi) is 6.08. The van der Waals surface area contributed by atoms with E-state index >= 15 is 0 Å². The Morgan fingerprint density at radius 3 is 2.17 bits per heavy atom. The second-order valence-electron chi connectivity index (χ2n) is 5.77. The lowest BCUT2D eigenvalue weighted by atomic mass is 10.2. The smallest absolute Gasteiger partial charge is 0.338 e. The molecule has 1 heterocycles. The van der Waals surface area contributed by atoms with Crippen LogP contribution >= 0.6 is 0 Å². The van der Waals surface area contributed by atoms with Gasteiger partial charge in [0.15, 0.2) is 0 Å². The van der Waals surface area contributed by atoms with Crippen molar-refractivity contribution in [1.82, 2.24) is 9.97 Å². The normalized spacial score (nSPS) is 10.3. The topological polar surface area (TPSA) is 93.2 Å². The quantitative estimate of drug-likeness (QED) is 0.611. The van der Waals surface area contributed by atoms with Gasteiger partial charge in [0.25, 0.3) is 5.91 Å². The lowest BCUT2D eigenvalue weighted by Gasteiger charge is -2.08. The molecule has 0 bridgehead atoms. The predicted molar refractivity (Wildman–Crippen MR) is 102 cm³/mol. The monoisotopic (exact) mass is 398 g/mol. The molecule has 0 atom stereocenters. The number of anilines is 3. The van der Waals surface area contributed by atoms with Gasteiger partial charge in [0.1, 0.15) is 17.3 Å². The summed E-state index contributed by atoms with van der Waals surface area (Å²) in [5.74, 6) is -2.58. The SMILES string of the molecule is CCOC(=O)c1ccc(NC(=O)c2cnc(Nc3c(F)cccc3F)nc2)cc1. The Labute approximate surface area is 164 Å². The van der Waals surface area contributed by atoms with E-state index in [4.69, 9.17) is 4.74 Å². The van der Waals surface area contributed by atoms with Crippen LogP contribution in [0, 0.1) is 11.6 Å². The molecule has 9 heteroatoms. The minimum absolute atomic E-state index is 0.0654. The van der Waals surface area contributed by atoms with E-state index in [1.165, 1.54) is 30.6 Å². The van der Waals surface area contributed by atoms with Crippen molar-refractivity contribution < 1.29 is 23.1 Å². The maximum Gasteiger partial charge on any atom is 0.338 e. The van der Waals surface area contributed by atoms with Crippen molar-refractivity contribution in [2.24, 2.45) is 0 Å². The van der Waals surface area contributed by atoms with Gasteiger partial charge in [-0.25, -0.2) is 23.5 Å². The van der Waals surface area contributed by atoms with Gasteiger partial charge in [0, 0.05) is 18.1 Å². The summed E-state index contributed by atoms with van der Waals surface area (Å²) < 4.78 is 32.2. The first-order valence-corrected chi connectivity index (χ1v) is 8.59. The number of aromatic nitrogens is 2. The number of nitrogens with one attached hydrogen (secondary N) is 2. The molecule has 0 saturated heterocycles. The van der Waals surface area contributed by atoms with Gasteiger partial charge in [-0.1, -0.05) is 6.07 Å². The highest BCUT2D eigenvalue weighted by Gasteiger charge is 2.12. The van der Waals surface area contributed by atoms with Crippen molar-refractivity contribution in [2.45, 2.75) is 6.92 Å². The summed E-state index contributed by atoms with van der Waals surface area (Å²) in [4.78, 5) is 31.7. The van der Waals surface area contributed by atoms with Crippen LogP contribution in [0.25, 0.3) is 0 Å². The number of rotatable bonds is 6. The van der Waals surface area contributed by atoms with Crippen molar-refractivity contribution in [3.63, 3.8) is 0 Å². The highest BCUT2D eigenvalue weighted by molar-refractivity contribution is 6.04. The molecule has 0 aliphatic rings. The third-order valence-corrected chi connectivity index (χ3v) is 3.77. The molecule has 2 aromatic carbocycles. The highest BCUT2D eigenvalue weighted by Crippen LogP contribution is 2.21. The number of hydrogen-bond donors (Lipinski definition) is 2. The van der Waals surface area contributed by atoms with Gasteiger partial charge >= 0.3 is 5.97 Å². The van der Waals surface area contributed by atoms with Crippen LogP contribution in [0.1, 0.15) is 27.6 Å². The van der Waals surface area contributed by atoms with E-state index in [0.717, 1.165) is 12.1 Å². The average molecular weight is 398 g/mol. The fourth-order valence-corrected chi connectivity index (χ4v) is 2.35. The van der Waals surface area contributed by atoms with Gasteiger partial charge in [-0.15, -0.1) is 0 Å². The summed E-state index contributed by atoms with van der Waals surface area (Å²) in [7, 11) is 0. The van der Waals surface area contributed by atoms with Gasteiger partial charge < -0.3 is 15.4 Å². The molecule has 1 amide bonds. The molecule has 1 aromatic heterocycles. The summed E-state index contributed by atoms with van der Waals surface area (Å²) in [6, 6.07) is 9.61. The minimum Gasteiger partial charge on any atom is -0.462 e. The Bertz CT molecular complexity index is 1000. The molecule has 0 aliphatic carbocycles. The molecule has 7 nitrogen and oxygen atoms in total. The molecule has 3 aromatic rings. The number of para-hydroxylation sites is 1. The van der Waals surface area contributed by atoms with Crippen LogP contribution in [-0.2, 0) is 4.74 Å². The summed E-state index contributed by atoms with van der Waals surface area (Å²) in [5.41, 5.74) is 0.577. The molecule has 0 radical (unpaired) electrons. The summed E-state index contributed by atoms with van der Waals surface area (Å²) in [6.45, 7) is 1.98. The van der Waals surface area contributed by atoms with Gasteiger partial charge in [0.2, 0.25) is 5.95 Å². The summed E-state index contributed by atoms with van der Waals surface area (Å²) in [6.07, 6.45) is 2.44. The molecule has 148 valence electrons. The van der Waals surface area contributed by atoms with Crippen molar-refractivity contribution in [3.8, 4) is 0 Å². The van der Waals surface area contributed by atoms with Gasteiger partial charge in [-0.05, 0) is 43.3 Å². The van der Waals surface area contributed by atoms with Crippen LogP contribution in [0.5, 0.6) is 0 Å². The van der Waals surface area contributed by atoms with E-state index in [9.17, 15) is 18.4 Å². The number of benzene rings is 2. The lowest BCUT2D eigenvalue weighted by molar-refractivity contribution is 0.0526. The number of halogens is 2. The first-order valence-electron chi connectivity index (χ1n) is 8.59. The number of carbonyl (C=O) groups is 2. The zero-order valence-electron chi connectivity index (χ0n) is 15.3. The van der Waals surface area contributed by atoms with Crippen molar-refractivity contribution >= 4 is 29.2 Å². The van der Waals surface area contributed by atoms with Crippen LogP contribution in [0.2, 0.25) is 0 Å². The number of ether oxygens (including phenoxy) is 1. The van der Waals surface area contributed by atoms with Crippen LogP contribution in [0.3, 0.4) is 0 Å². The van der Waals surface area contributed by atoms with E-state index in [1.807, 2.05) is 0 Å². The second-order valence-corrected chi connectivity index (χ2v) is 5.77. The third kappa shape index (κ3) is 4.89. The Balaban J connectivity index is 1.65. The van der Waals surface area contributed by atoms with Gasteiger partial charge in [-0.2, -0.15) is 0 Å². The zero-order chi connectivity index (χ0) is 20.8. The average Bonchev–Trinajstić information content (AvgIpc) is 2.72. The van der Waals surface area contributed by atoms with Crippen LogP contribution in [0.15, 0.2) is 54.9 Å². The van der Waals surface area contributed by atoms with Crippen LogP contribution in [0.4, 0.5) is 26.1 Å². The summed E-state index contributed by atoms with van der Waals surface area (Å²) >= 11 is 0. The van der Waals surface area contributed by atoms with Crippen molar-refractivity contribution in [3.05, 3.63) is 77.6 Å². The van der Waals surface area contributed by atoms with E-state index < -0.39 is 23.5 Å². The Morgan fingerprint density at radius 1 is 0.966 bits per heavy atom.